The molecule has 1 aromatic heterocycles. The summed E-state index contributed by atoms with van der Waals surface area (Å²) in [5, 5.41) is 0. The van der Waals surface area contributed by atoms with E-state index in [1.807, 2.05) is 30.0 Å². The lowest BCUT2D eigenvalue weighted by atomic mass is 10.2. The number of amides is 1. The number of hydrogen-bond donors (Lipinski definition) is 0. The van der Waals surface area contributed by atoms with Crippen molar-refractivity contribution in [2.24, 2.45) is 0 Å². The Morgan fingerprint density at radius 2 is 2.14 bits per heavy atom. The minimum Gasteiger partial charge on any atom is -0.501 e. The van der Waals surface area contributed by atoms with E-state index in [1.165, 1.54) is 6.26 Å². The standard InChI is InChI=1S/C16H21N3O2/c1-3-21-13-7-14(2)16(20)19-11-9-18(10-12-19)15-6-4-5-8-17-15/h4-8,13H,2-3,9-12H2,1H3. The normalized spacial score (nSPS) is 15.3. The molecule has 0 N–H and O–H groups in total. The summed E-state index contributed by atoms with van der Waals surface area (Å²) in [6.07, 6.45) is 4.93. The molecule has 0 radical (unpaired) electrons. The Kier molecular flexibility index (Phi) is 5.37. The van der Waals surface area contributed by atoms with Crippen molar-refractivity contribution in [1.29, 1.82) is 0 Å². The summed E-state index contributed by atoms with van der Waals surface area (Å²) in [5.41, 5.74) is 0.453. The molecule has 5 nitrogen and oxygen atoms in total. The lowest BCUT2D eigenvalue weighted by Crippen LogP contribution is -2.49. The molecule has 2 rings (SSSR count). The summed E-state index contributed by atoms with van der Waals surface area (Å²) < 4.78 is 5.09. The molecule has 5 heteroatoms. The lowest BCUT2D eigenvalue weighted by Gasteiger charge is -2.35. The van der Waals surface area contributed by atoms with Crippen molar-refractivity contribution in [3.63, 3.8) is 0 Å². The Hall–Kier alpha value is -2.30. The van der Waals surface area contributed by atoms with Crippen molar-refractivity contribution >= 4 is 11.7 Å². The van der Waals surface area contributed by atoms with E-state index in [0.29, 0.717) is 25.3 Å². The molecular weight excluding hydrogens is 266 g/mol. The SMILES string of the molecule is C=C(C=COCC)C(=O)N1CCN(c2ccccn2)CC1. The molecule has 1 aliphatic rings. The van der Waals surface area contributed by atoms with Gasteiger partial charge in [0, 0.05) is 37.9 Å². The van der Waals surface area contributed by atoms with Gasteiger partial charge < -0.3 is 14.5 Å². The Morgan fingerprint density at radius 1 is 1.38 bits per heavy atom. The molecule has 1 saturated heterocycles. The van der Waals surface area contributed by atoms with Gasteiger partial charge in [0.1, 0.15) is 5.82 Å². The second-order valence-electron chi connectivity index (χ2n) is 4.75. The third kappa shape index (κ3) is 4.08. The molecule has 2 heterocycles. The summed E-state index contributed by atoms with van der Waals surface area (Å²) in [6.45, 7) is 9.19. The van der Waals surface area contributed by atoms with Crippen LogP contribution in [0.5, 0.6) is 0 Å². The van der Waals surface area contributed by atoms with Crippen molar-refractivity contribution in [3.05, 3.63) is 48.9 Å². The highest BCUT2D eigenvalue weighted by molar-refractivity contribution is 5.95. The molecule has 0 atom stereocenters. The summed E-state index contributed by atoms with van der Waals surface area (Å²) in [6, 6.07) is 5.86. The Labute approximate surface area is 125 Å². The van der Waals surface area contributed by atoms with Crippen LogP contribution in [-0.2, 0) is 9.53 Å². The molecule has 0 aliphatic carbocycles. The van der Waals surface area contributed by atoms with Gasteiger partial charge in [0.25, 0.3) is 5.91 Å². The van der Waals surface area contributed by atoms with Crippen LogP contribution in [0.4, 0.5) is 5.82 Å². The number of rotatable bonds is 5. The third-order valence-corrected chi connectivity index (χ3v) is 3.35. The highest BCUT2D eigenvalue weighted by Gasteiger charge is 2.22. The molecule has 0 spiro atoms. The second kappa shape index (κ2) is 7.47. The van der Waals surface area contributed by atoms with Gasteiger partial charge in [-0.05, 0) is 25.1 Å². The first-order valence-electron chi connectivity index (χ1n) is 7.14. The quantitative estimate of drug-likeness (QED) is 0.471. The molecule has 1 aliphatic heterocycles. The zero-order valence-electron chi connectivity index (χ0n) is 12.4. The average Bonchev–Trinajstić information content (AvgIpc) is 2.55. The molecule has 1 aromatic rings. The summed E-state index contributed by atoms with van der Waals surface area (Å²) >= 11 is 0. The van der Waals surface area contributed by atoms with Gasteiger partial charge in [-0.15, -0.1) is 0 Å². The van der Waals surface area contributed by atoms with E-state index < -0.39 is 0 Å². The highest BCUT2D eigenvalue weighted by atomic mass is 16.5. The van der Waals surface area contributed by atoms with E-state index in [2.05, 4.69) is 16.5 Å². The maximum Gasteiger partial charge on any atom is 0.253 e. The van der Waals surface area contributed by atoms with Crippen molar-refractivity contribution in [2.75, 3.05) is 37.7 Å². The van der Waals surface area contributed by atoms with Crippen molar-refractivity contribution in [3.8, 4) is 0 Å². The van der Waals surface area contributed by atoms with Gasteiger partial charge in [0.05, 0.1) is 12.9 Å². The minimum absolute atomic E-state index is 0.0355. The Morgan fingerprint density at radius 3 is 2.76 bits per heavy atom. The first-order valence-corrected chi connectivity index (χ1v) is 7.14. The number of nitrogens with zero attached hydrogens (tertiary/aromatic N) is 3. The molecule has 21 heavy (non-hydrogen) atoms. The Balaban J connectivity index is 1.86. The van der Waals surface area contributed by atoms with E-state index >= 15 is 0 Å². The fourth-order valence-electron chi connectivity index (χ4n) is 2.18. The minimum atomic E-state index is -0.0355. The zero-order valence-corrected chi connectivity index (χ0v) is 12.4. The van der Waals surface area contributed by atoms with E-state index in [4.69, 9.17) is 4.74 Å². The maximum absolute atomic E-state index is 12.2. The maximum atomic E-state index is 12.2. The van der Waals surface area contributed by atoms with E-state index in [1.54, 1.807) is 12.3 Å². The van der Waals surface area contributed by atoms with Crippen molar-refractivity contribution in [2.45, 2.75) is 6.92 Å². The van der Waals surface area contributed by atoms with Crippen LogP contribution in [0.15, 0.2) is 48.9 Å². The fraction of sp³-hybridized carbons (Fsp3) is 0.375. The van der Waals surface area contributed by atoms with Crippen LogP contribution >= 0.6 is 0 Å². The van der Waals surface area contributed by atoms with Gasteiger partial charge in [0.15, 0.2) is 0 Å². The Bertz CT molecular complexity index is 506. The number of anilines is 1. The number of pyridine rings is 1. The van der Waals surface area contributed by atoms with Crippen LogP contribution in [0, 0.1) is 0 Å². The molecule has 0 unspecified atom stereocenters. The predicted octanol–water partition coefficient (Wildman–Crippen LogP) is 1.84. The fourth-order valence-corrected chi connectivity index (χ4v) is 2.18. The predicted molar refractivity (Wildman–Crippen MR) is 82.9 cm³/mol. The highest BCUT2D eigenvalue weighted by Crippen LogP contribution is 2.13. The summed E-state index contributed by atoms with van der Waals surface area (Å²) in [7, 11) is 0. The van der Waals surface area contributed by atoms with Crippen LogP contribution < -0.4 is 4.90 Å². The number of aromatic nitrogens is 1. The van der Waals surface area contributed by atoms with Gasteiger partial charge >= 0.3 is 0 Å². The molecule has 0 saturated carbocycles. The topological polar surface area (TPSA) is 45.7 Å². The molecule has 0 bridgehead atoms. The van der Waals surface area contributed by atoms with E-state index in [9.17, 15) is 4.79 Å². The third-order valence-electron chi connectivity index (χ3n) is 3.35. The molecule has 1 amide bonds. The van der Waals surface area contributed by atoms with Gasteiger partial charge in [-0.1, -0.05) is 12.6 Å². The van der Waals surface area contributed by atoms with E-state index in [-0.39, 0.29) is 5.91 Å². The van der Waals surface area contributed by atoms with E-state index in [0.717, 1.165) is 18.9 Å². The molecule has 1 fully saturated rings. The summed E-state index contributed by atoms with van der Waals surface area (Å²) in [5.74, 6) is 0.922. The van der Waals surface area contributed by atoms with Crippen molar-refractivity contribution in [1.82, 2.24) is 9.88 Å². The van der Waals surface area contributed by atoms with Gasteiger partial charge in [-0.2, -0.15) is 0 Å². The number of carbonyl (C=O) groups excluding carboxylic acids is 1. The van der Waals surface area contributed by atoms with Crippen LogP contribution in [-0.4, -0.2) is 48.6 Å². The van der Waals surface area contributed by atoms with Crippen molar-refractivity contribution < 1.29 is 9.53 Å². The average molecular weight is 287 g/mol. The monoisotopic (exact) mass is 287 g/mol. The zero-order chi connectivity index (χ0) is 15.1. The van der Waals surface area contributed by atoms with Crippen LogP contribution in [0.2, 0.25) is 0 Å². The smallest absolute Gasteiger partial charge is 0.253 e. The van der Waals surface area contributed by atoms with Gasteiger partial charge in [-0.3, -0.25) is 4.79 Å². The molecule has 112 valence electrons. The summed E-state index contributed by atoms with van der Waals surface area (Å²) in [4.78, 5) is 20.6. The van der Waals surface area contributed by atoms with Crippen LogP contribution in [0.1, 0.15) is 6.92 Å². The largest absolute Gasteiger partial charge is 0.501 e. The van der Waals surface area contributed by atoms with Crippen LogP contribution in [0.25, 0.3) is 0 Å². The molecular formula is C16H21N3O2. The first-order chi connectivity index (χ1) is 10.2. The van der Waals surface area contributed by atoms with Crippen LogP contribution in [0.3, 0.4) is 0 Å². The van der Waals surface area contributed by atoms with Gasteiger partial charge in [-0.25, -0.2) is 4.98 Å². The lowest BCUT2D eigenvalue weighted by molar-refractivity contribution is -0.127. The van der Waals surface area contributed by atoms with Gasteiger partial charge in [0.2, 0.25) is 0 Å². The molecule has 0 aromatic carbocycles. The first kappa shape index (κ1) is 15.1. The number of piperazine rings is 1. The number of carbonyl (C=O) groups is 1. The number of hydrogen-bond acceptors (Lipinski definition) is 4. The second-order valence-corrected chi connectivity index (χ2v) is 4.75. The number of ether oxygens (including phenoxy) is 1.